The second-order valence-corrected chi connectivity index (χ2v) is 8.24. The van der Waals surface area contributed by atoms with Gasteiger partial charge in [0.05, 0.1) is 31.6 Å². The van der Waals surface area contributed by atoms with Gasteiger partial charge in [0.2, 0.25) is 0 Å². The molecule has 2 aromatic rings. The summed E-state index contributed by atoms with van der Waals surface area (Å²) in [6, 6.07) is 16.4. The topological polar surface area (TPSA) is 23.8 Å². The van der Waals surface area contributed by atoms with E-state index in [-0.39, 0.29) is 11.5 Å². The number of hydrogen-bond acceptors (Lipinski definition) is 1. The minimum absolute atomic E-state index is 0.0822. The van der Waals surface area contributed by atoms with E-state index in [0.717, 1.165) is 30.5 Å². The summed E-state index contributed by atoms with van der Waals surface area (Å²) in [5, 5.41) is 9.98. The van der Waals surface area contributed by atoms with Crippen LogP contribution in [0, 0.1) is 28.9 Å². The van der Waals surface area contributed by atoms with E-state index < -0.39 is 17.0 Å². The molecule has 2 atom stereocenters. The van der Waals surface area contributed by atoms with Crippen molar-refractivity contribution in [2.45, 2.75) is 45.6 Å². The molecule has 0 N–H and O–H groups in total. The second-order valence-electron chi connectivity index (χ2n) is 8.24. The molecule has 0 aliphatic carbocycles. The van der Waals surface area contributed by atoms with E-state index in [1.165, 1.54) is 23.8 Å². The zero-order valence-electron chi connectivity index (χ0n) is 17.4. The highest BCUT2D eigenvalue weighted by molar-refractivity contribution is 5.36. The maximum atomic E-state index is 14.5. The maximum Gasteiger partial charge on any atom is 0.130 e. The Kier molecular flexibility index (Phi) is 7.32. The minimum Gasteiger partial charge on any atom is -0.323 e. The van der Waals surface area contributed by atoms with Crippen molar-refractivity contribution in [3.8, 4) is 6.07 Å². The molecule has 0 aromatic heterocycles. The molecule has 28 heavy (non-hydrogen) atoms. The molecule has 0 bridgehead atoms. The van der Waals surface area contributed by atoms with Crippen molar-refractivity contribution in [1.29, 1.82) is 5.26 Å². The Morgan fingerprint density at radius 3 is 2.14 bits per heavy atom. The molecule has 0 fully saturated rings. The SMILES string of the molecule is CC[N+](C)(CCCC(C#N)(c1c(F)cccc1F)C(C)C)Cc1ccccc1. The standard InChI is InChI=1S/C24H31F2N2/c1-5-28(4,17-20-11-7-6-8-12-20)16-10-15-24(18-27,19(2)3)23-21(25)13-9-14-22(23)26/h6-9,11-14,19H,5,10,15-17H2,1-4H3/q+1. The summed E-state index contributed by atoms with van der Waals surface area (Å²) in [5.74, 6) is -1.46. The van der Waals surface area contributed by atoms with Crippen LogP contribution < -0.4 is 0 Å². The molecule has 0 spiro atoms. The van der Waals surface area contributed by atoms with Crippen LogP contribution in [-0.2, 0) is 12.0 Å². The zero-order chi connectivity index (χ0) is 20.8. The van der Waals surface area contributed by atoms with Gasteiger partial charge in [0.15, 0.2) is 0 Å². The summed E-state index contributed by atoms with van der Waals surface area (Å²) in [7, 11) is 2.19. The van der Waals surface area contributed by atoms with Gasteiger partial charge >= 0.3 is 0 Å². The van der Waals surface area contributed by atoms with E-state index in [2.05, 4.69) is 32.2 Å². The smallest absolute Gasteiger partial charge is 0.130 e. The van der Waals surface area contributed by atoms with E-state index in [1.807, 2.05) is 32.0 Å². The summed E-state index contributed by atoms with van der Waals surface area (Å²) in [4.78, 5) is 0. The number of quaternary nitrogens is 1. The number of benzene rings is 2. The van der Waals surface area contributed by atoms with Crippen molar-refractivity contribution >= 4 is 0 Å². The molecule has 0 radical (unpaired) electrons. The third kappa shape index (κ3) is 4.77. The second kappa shape index (κ2) is 9.30. The third-order valence-corrected chi connectivity index (χ3v) is 6.03. The first kappa shape index (κ1) is 22.0. The summed E-state index contributed by atoms with van der Waals surface area (Å²) < 4.78 is 29.8. The van der Waals surface area contributed by atoms with E-state index in [4.69, 9.17) is 0 Å². The van der Waals surface area contributed by atoms with E-state index in [0.29, 0.717) is 6.42 Å². The van der Waals surface area contributed by atoms with Gasteiger partial charge in [-0.3, -0.25) is 0 Å². The number of rotatable bonds is 9. The average Bonchev–Trinajstić information content (AvgIpc) is 2.67. The number of nitriles is 1. The van der Waals surface area contributed by atoms with E-state index in [1.54, 1.807) is 0 Å². The lowest BCUT2D eigenvalue weighted by Crippen LogP contribution is -2.44. The van der Waals surface area contributed by atoms with Gasteiger partial charge in [-0.05, 0) is 37.8 Å². The van der Waals surface area contributed by atoms with Crippen LogP contribution in [0.25, 0.3) is 0 Å². The molecule has 0 saturated carbocycles. The Morgan fingerprint density at radius 1 is 1.04 bits per heavy atom. The lowest BCUT2D eigenvalue weighted by Gasteiger charge is -2.36. The Bertz CT molecular complexity index is 793. The molecule has 0 saturated heterocycles. The van der Waals surface area contributed by atoms with Crippen molar-refractivity contribution in [2.24, 2.45) is 5.92 Å². The molecule has 0 aliphatic heterocycles. The predicted octanol–water partition coefficient (Wildman–Crippen LogP) is 5.83. The van der Waals surface area contributed by atoms with E-state index in [9.17, 15) is 14.0 Å². The molecule has 0 heterocycles. The Balaban J connectivity index is 2.21. The summed E-state index contributed by atoms with van der Waals surface area (Å²) >= 11 is 0. The molecule has 2 nitrogen and oxygen atoms in total. The fourth-order valence-corrected chi connectivity index (χ4v) is 3.98. The van der Waals surface area contributed by atoms with Crippen molar-refractivity contribution in [1.82, 2.24) is 0 Å². The molecular weight excluding hydrogens is 354 g/mol. The van der Waals surface area contributed by atoms with Gasteiger partial charge in [0.1, 0.15) is 18.2 Å². The van der Waals surface area contributed by atoms with Crippen LogP contribution in [-0.4, -0.2) is 24.6 Å². The van der Waals surface area contributed by atoms with E-state index >= 15 is 0 Å². The first-order valence-electron chi connectivity index (χ1n) is 10.0. The van der Waals surface area contributed by atoms with Crippen molar-refractivity contribution in [2.75, 3.05) is 20.1 Å². The fourth-order valence-electron chi connectivity index (χ4n) is 3.98. The average molecular weight is 386 g/mol. The normalized spacial score (nSPS) is 15.6. The number of nitrogens with zero attached hydrogens (tertiary/aromatic N) is 2. The fraction of sp³-hybridized carbons (Fsp3) is 0.458. The van der Waals surface area contributed by atoms with Crippen LogP contribution in [0.1, 0.15) is 44.7 Å². The van der Waals surface area contributed by atoms with Crippen molar-refractivity contribution in [3.63, 3.8) is 0 Å². The Hall–Kier alpha value is -2.25. The molecule has 2 aromatic carbocycles. The largest absolute Gasteiger partial charge is 0.323 e. The summed E-state index contributed by atoms with van der Waals surface area (Å²) in [6.07, 6.45) is 1.15. The lowest BCUT2D eigenvalue weighted by molar-refractivity contribution is -0.921. The van der Waals surface area contributed by atoms with Crippen molar-refractivity contribution in [3.05, 3.63) is 71.3 Å². The van der Waals surface area contributed by atoms with Gasteiger partial charge in [-0.25, -0.2) is 8.78 Å². The molecule has 4 heteroatoms. The molecule has 2 rings (SSSR count). The van der Waals surface area contributed by atoms with Crippen LogP contribution in [0.4, 0.5) is 8.78 Å². The first-order valence-corrected chi connectivity index (χ1v) is 10.0. The highest BCUT2D eigenvalue weighted by atomic mass is 19.1. The minimum atomic E-state index is -1.17. The Labute approximate surface area is 168 Å². The van der Waals surface area contributed by atoms with Crippen molar-refractivity contribution < 1.29 is 13.3 Å². The molecule has 2 unspecified atom stereocenters. The van der Waals surface area contributed by atoms with Gasteiger partial charge in [-0.15, -0.1) is 0 Å². The molecule has 150 valence electrons. The van der Waals surface area contributed by atoms with Gasteiger partial charge in [-0.2, -0.15) is 5.26 Å². The van der Waals surface area contributed by atoms with Gasteiger partial charge < -0.3 is 4.48 Å². The first-order chi connectivity index (χ1) is 13.3. The zero-order valence-corrected chi connectivity index (χ0v) is 17.4. The van der Waals surface area contributed by atoms with Gasteiger partial charge in [0, 0.05) is 11.1 Å². The van der Waals surface area contributed by atoms with Gasteiger partial charge in [-0.1, -0.05) is 50.2 Å². The molecule has 0 amide bonds. The summed E-state index contributed by atoms with van der Waals surface area (Å²) in [5.41, 5.74) is 0.0180. The summed E-state index contributed by atoms with van der Waals surface area (Å²) in [6.45, 7) is 8.58. The highest BCUT2D eigenvalue weighted by Crippen LogP contribution is 2.39. The van der Waals surface area contributed by atoms with Crippen LogP contribution in [0.2, 0.25) is 0 Å². The quantitative estimate of drug-likeness (QED) is 0.498. The van der Waals surface area contributed by atoms with Crippen LogP contribution in [0.15, 0.2) is 48.5 Å². The number of halogens is 2. The monoisotopic (exact) mass is 385 g/mol. The number of hydrogen-bond donors (Lipinski definition) is 0. The Morgan fingerprint density at radius 2 is 1.64 bits per heavy atom. The van der Waals surface area contributed by atoms with Crippen LogP contribution in [0.3, 0.4) is 0 Å². The predicted molar refractivity (Wildman–Crippen MR) is 109 cm³/mol. The third-order valence-electron chi connectivity index (χ3n) is 6.03. The molecule has 0 aliphatic rings. The van der Waals surface area contributed by atoms with Crippen LogP contribution >= 0.6 is 0 Å². The van der Waals surface area contributed by atoms with Crippen LogP contribution in [0.5, 0.6) is 0 Å². The molecular formula is C24H31F2N2+. The lowest BCUT2D eigenvalue weighted by atomic mass is 9.69. The van der Waals surface area contributed by atoms with Gasteiger partial charge in [0.25, 0.3) is 0 Å². The highest BCUT2D eigenvalue weighted by Gasteiger charge is 2.40. The maximum absolute atomic E-state index is 14.5.